The fourth-order valence-electron chi connectivity index (χ4n) is 6.17. The lowest BCUT2D eigenvalue weighted by Crippen LogP contribution is -2.38. The van der Waals surface area contributed by atoms with E-state index in [9.17, 15) is 14.0 Å². The van der Waals surface area contributed by atoms with Gasteiger partial charge in [0, 0.05) is 47.7 Å². The van der Waals surface area contributed by atoms with Crippen molar-refractivity contribution >= 4 is 60.6 Å². The zero-order valence-electron chi connectivity index (χ0n) is 25.4. The van der Waals surface area contributed by atoms with Crippen molar-refractivity contribution in [3.8, 4) is 23.2 Å². The number of ether oxygens (including phenoxy) is 1. The second-order valence-electron chi connectivity index (χ2n) is 11.5. The van der Waals surface area contributed by atoms with E-state index in [0.29, 0.717) is 17.2 Å². The third-order valence-corrected chi connectivity index (χ3v) is 9.99. The van der Waals surface area contributed by atoms with E-state index in [1.54, 1.807) is 31.1 Å². The topological polar surface area (TPSA) is 130 Å². The average Bonchev–Trinajstić information content (AvgIpc) is 3.55. The van der Waals surface area contributed by atoms with Gasteiger partial charge in [0.15, 0.2) is 5.82 Å². The summed E-state index contributed by atoms with van der Waals surface area (Å²) in [6.07, 6.45) is 0.328. The van der Waals surface area contributed by atoms with Crippen molar-refractivity contribution in [2.45, 2.75) is 44.6 Å². The maximum absolute atomic E-state index is 16.9. The molecule has 2 aromatic carbocycles. The lowest BCUT2D eigenvalue weighted by atomic mass is 9.97. The molecule has 4 atom stereocenters. The molecule has 0 aliphatic carbocycles. The number of fused-ring (bicyclic) bond motifs is 2. The first kappa shape index (κ1) is 31.6. The number of alkyl halides is 1. The molecule has 4 N–H and O–H groups in total. The van der Waals surface area contributed by atoms with Gasteiger partial charge in [0.25, 0.3) is 0 Å². The summed E-state index contributed by atoms with van der Waals surface area (Å²) in [6.45, 7) is 3.96. The number of aromatic nitrogens is 3. The number of halogens is 4. The largest absolute Gasteiger partial charge is 0.459 e. The minimum absolute atomic E-state index is 0.0121. The van der Waals surface area contributed by atoms with Crippen LogP contribution in [0.1, 0.15) is 37.4 Å². The summed E-state index contributed by atoms with van der Waals surface area (Å²) in [7, 11) is 3.58. The second kappa shape index (κ2) is 12.1. The smallest absolute Gasteiger partial charge is 0.319 e. The molecule has 0 spiro atoms. The Kier molecular flexibility index (Phi) is 8.30. The number of rotatable bonds is 7. The fraction of sp³-hybridized carbons (Fsp3) is 0.312. The molecule has 0 radical (unpaired) electrons. The van der Waals surface area contributed by atoms with Crippen LogP contribution in [0.25, 0.3) is 32.1 Å². The molecule has 46 heavy (non-hydrogen) atoms. The monoisotopic (exact) mass is 666 g/mol. The highest BCUT2D eigenvalue weighted by Crippen LogP contribution is 2.46. The minimum atomic E-state index is -0.995. The zero-order valence-corrected chi connectivity index (χ0v) is 26.9. The van der Waals surface area contributed by atoms with E-state index in [-0.39, 0.29) is 78.8 Å². The van der Waals surface area contributed by atoms with Gasteiger partial charge in [-0.1, -0.05) is 23.7 Å². The molecule has 1 aliphatic rings. The molecule has 0 amide bonds. The van der Waals surface area contributed by atoms with Gasteiger partial charge in [-0.25, -0.2) is 18.2 Å². The number of anilines is 3. The van der Waals surface area contributed by atoms with Crippen LogP contribution in [0.3, 0.4) is 0 Å². The molecule has 1 aliphatic heterocycles. The van der Waals surface area contributed by atoms with E-state index in [1.165, 1.54) is 18.2 Å². The first-order chi connectivity index (χ1) is 21.9. The maximum Gasteiger partial charge on any atom is 0.319 e. The maximum atomic E-state index is 16.9. The van der Waals surface area contributed by atoms with Crippen molar-refractivity contribution < 1.29 is 17.9 Å². The molecule has 1 saturated heterocycles. The molecule has 5 aromatic rings. The van der Waals surface area contributed by atoms with Crippen molar-refractivity contribution in [2.24, 2.45) is 0 Å². The summed E-state index contributed by atoms with van der Waals surface area (Å²) in [5, 5.41) is 10.4. The molecule has 14 heteroatoms. The van der Waals surface area contributed by atoms with Crippen LogP contribution in [0.15, 0.2) is 36.5 Å². The molecule has 9 nitrogen and oxygen atoms in total. The van der Waals surface area contributed by atoms with Crippen molar-refractivity contribution in [2.75, 3.05) is 37.0 Å². The Morgan fingerprint density at radius 2 is 1.98 bits per heavy atom. The van der Waals surface area contributed by atoms with Gasteiger partial charge < -0.3 is 21.1 Å². The molecule has 238 valence electrons. The van der Waals surface area contributed by atoms with E-state index >= 15 is 4.39 Å². The normalized spacial score (nSPS) is 18.2. The summed E-state index contributed by atoms with van der Waals surface area (Å²) in [5.41, 5.74) is 13.0. The first-order valence-corrected chi connectivity index (χ1v) is 15.7. The Bertz CT molecular complexity index is 2040. The number of benzene rings is 2. The molecule has 0 saturated carbocycles. The summed E-state index contributed by atoms with van der Waals surface area (Å²) >= 11 is 7.70. The second-order valence-corrected chi connectivity index (χ2v) is 12.9. The van der Waals surface area contributed by atoms with Crippen LogP contribution in [0, 0.1) is 23.0 Å². The van der Waals surface area contributed by atoms with Crippen LogP contribution in [0.5, 0.6) is 6.01 Å². The van der Waals surface area contributed by atoms with Crippen molar-refractivity contribution in [1.29, 1.82) is 5.26 Å². The van der Waals surface area contributed by atoms with E-state index in [1.807, 2.05) is 31.0 Å². The van der Waals surface area contributed by atoms with Gasteiger partial charge in [0.05, 0.1) is 21.3 Å². The highest BCUT2D eigenvalue weighted by Gasteiger charge is 2.35. The Morgan fingerprint density at radius 1 is 1.22 bits per heavy atom. The number of hydrogen-bond acceptors (Lipinski definition) is 10. The Labute approximate surface area is 272 Å². The van der Waals surface area contributed by atoms with E-state index in [2.05, 4.69) is 9.97 Å². The Morgan fingerprint density at radius 3 is 2.65 bits per heavy atom. The van der Waals surface area contributed by atoms with E-state index < -0.39 is 23.9 Å². The van der Waals surface area contributed by atoms with Gasteiger partial charge >= 0.3 is 6.01 Å². The van der Waals surface area contributed by atoms with Crippen LogP contribution in [-0.2, 0) is 0 Å². The van der Waals surface area contributed by atoms with Gasteiger partial charge in [-0.05, 0) is 51.1 Å². The van der Waals surface area contributed by atoms with Gasteiger partial charge in [-0.15, -0.1) is 11.3 Å². The number of likely N-dealkylation sites (N-methyl/N-ethyl adjacent to an activating group) is 1. The van der Waals surface area contributed by atoms with Crippen LogP contribution in [0.4, 0.5) is 29.8 Å². The van der Waals surface area contributed by atoms with Crippen LogP contribution in [-0.4, -0.2) is 58.8 Å². The standard InChI is InChI=1S/C32H30ClF3N8OS/c1-14(17-6-5-9-40-29(17)38)44(4)31-19-11-21(33)25(18-7-8-22(35)28-24(18)20(12-37)30(39)46-28)26(36)27(19)41-32(42-31)45-15(2)23-10-16(34)13-43(23)3/h5-9,11,14-16,23H,10,13,39H2,1-4H3,(H2,38,40)/t14-,15+,16-,23+/m1/s1. The van der Waals surface area contributed by atoms with Gasteiger partial charge in [0.2, 0.25) is 0 Å². The highest BCUT2D eigenvalue weighted by molar-refractivity contribution is 7.23. The molecule has 1 fully saturated rings. The van der Waals surface area contributed by atoms with Crippen molar-refractivity contribution in [3.05, 3.63) is 64.3 Å². The Hall–Kier alpha value is -4.38. The van der Waals surface area contributed by atoms with Crippen LogP contribution in [0.2, 0.25) is 5.02 Å². The lowest BCUT2D eigenvalue weighted by molar-refractivity contribution is 0.112. The number of thiophene rings is 1. The summed E-state index contributed by atoms with van der Waals surface area (Å²) < 4.78 is 52.2. The Balaban J connectivity index is 1.57. The SMILES string of the molecule is C[C@H](Oc1nc(N(C)[C@H](C)c2cccnc2N)c2cc(Cl)c(-c3ccc(F)c4sc(N)c(C#N)c34)c(F)c2n1)[C@@H]1C[C@@H](F)CN1C. The number of nitrogen functional groups attached to an aromatic ring is 2. The van der Waals surface area contributed by atoms with Crippen molar-refractivity contribution in [3.63, 3.8) is 0 Å². The number of hydrogen-bond donors (Lipinski definition) is 2. The summed E-state index contributed by atoms with van der Waals surface area (Å²) in [5.74, 6) is -0.805. The number of likely N-dealkylation sites (tertiary alicyclic amines) is 1. The molecule has 0 bridgehead atoms. The first-order valence-electron chi connectivity index (χ1n) is 14.5. The zero-order chi connectivity index (χ0) is 33.0. The molecule has 6 rings (SSSR count). The predicted octanol–water partition coefficient (Wildman–Crippen LogP) is 6.88. The van der Waals surface area contributed by atoms with Crippen LogP contribution >= 0.6 is 22.9 Å². The number of nitriles is 1. The van der Waals surface area contributed by atoms with Crippen molar-refractivity contribution in [1.82, 2.24) is 19.9 Å². The predicted molar refractivity (Wildman–Crippen MR) is 176 cm³/mol. The van der Waals surface area contributed by atoms with Crippen LogP contribution < -0.4 is 21.1 Å². The van der Waals surface area contributed by atoms with Gasteiger partial charge in [-0.3, -0.25) is 4.90 Å². The lowest BCUT2D eigenvalue weighted by Gasteiger charge is -2.29. The number of nitrogens with two attached hydrogens (primary N) is 2. The fourth-order valence-corrected chi connectivity index (χ4v) is 7.41. The van der Waals surface area contributed by atoms with Gasteiger partial charge in [-0.2, -0.15) is 15.2 Å². The summed E-state index contributed by atoms with van der Waals surface area (Å²) in [6, 6.07) is 8.92. The third kappa shape index (κ3) is 5.30. The third-order valence-electron chi connectivity index (χ3n) is 8.66. The van der Waals surface area contributed by atoms with Gasteiger partial charge in [0.1, 0.15) is 46.3 Å². The molecule has 4 heterocycles. The average molecular weight is 667 g/mol. The number of pyridine rings is 1. The summed E-state index contributed by atoms with van der Waals surface area (Å²) in [4.78, 5) is 17.0. The number of nitrogens with zero attached hydrogens (tertiary/aromatic N) is 6. The molecule has 0 unspecified atom stereocenters. The van der Waals surface area contributed by atoms with E-state index in [0.717, 1.165) is 11.3 Å². The van der Waals surface area contributed by atoms with E-state index in [4.69, 9.17) is 32.8 Å². The quantitative estimate of drug-likeness (QED) is 0.191. The molecular formula is C32H30ClF3N8OS. The molecule has 3 aromatic heterocycles. The highest BCUT2D eigenvalue weighted by atomic mass is 35.5. The minimum Gasteiger partial charge on any atom is -0.459 e. The molecular weight excluding hydrogens is 637 g/mol.